The van der Waals surface area contributed by atoms with Gasteiger partial charge in [-0.05, 0) is 76.3 Å². The van der Waals surface area contributed by atoms with Crippen molar-refractivity contribution >= 4 is 56.5 Å². The fourth-order valence-corrected chi connectivity index (χ4v) is 9.06. The largest absolute Gasteiger partial charge is 0.497 e. The lowest BCUT2D eigenvalue weighted by Crippen LogP contribution is -2.59. The number of hydrogen-bond acceptors (Lipinski definition) is 11. The van der Waals surface area contributed by atoms with E-state index in [0.29, 0.717) is 69.2 Å². The highest BCUT2D eigenvalue weighted by molar-refractivity contribution is 7.91. The van der Waals surface area contributed by atoms with Crippen LogP contribution < -0.4 is 24.8 Å². The normalized spacial score (nSPS) is 28.9. The van der Waals surface area contributed by atoms with Gasteiger partial charge < -0.3 is 29.7 Å². The van der Waals surface area contributed by atoms with Crippen LogP contribution in [0.25, 0.3) is 11.0 Å². The summed E-state index contributed by atoms with van der Waals surface area (Å²) in [6.07, 6.45) is -1.22. The van der Waals surface area contributed by atoms with E-state index in [4.69, 9.17) is 25.8 Å². The molecule has 2 aliphatic heterocycles. The summed E-state index contributed by atoms with van der Waals surface area (Å²) in [5.74, 6) is -3.38. The van der Waals surface area contributed by atoms with Crippen molar-refractivity contribution in [1.29, 1.82) is 0 Å². The molecule has 3 heterocycles. The van der Waals surface area contributed by atoms with Gasteiger partial charge in [-0.15, -0.1) is 0 Å². The molecule has 7 atom stereocenters. The van der Waals surface area contributed by atoms with Crippen LogP contribution in [0, 0.1) is 17.8 Å². The molecule has 3 N–H and O–H groups in total. The number of ether oxygens (including phenoxy) is 3. The van der Waals surface area contributed by atoms with Crippen LogP contribution in [0.4, 0.5) is 18.0 Å². The Morgan fingerprint density at radius 1 is 1.10 bits per heavy atom. The number of allylic oxidation sites excluding steroid dienone is 1. The van der Waals surface area contributed by atoms with E-state index < -0.39 is 86.4 Å². The lowest BCUT2D eigenvalue weighted by Gasteiger charge is -2.35. The molecule has 1 aromatic carbocycles. The fourth-order valence-electron chi connectivity index (χ4n) is 7.52. The minimum atomic E-state index is -4.93. The number of nitrogens with one attached hydrogen (secondary N) is 3. The minimum absolute atomic E-state index is 0.0483. The highest BCUT2D eigenvalue weighted by Crippen LogP contribution is 2.46. The summed E-state index contributed by atoms with van der Waals surface area (Å²) < 4.78 is 85.5. The van der Waals surface area contributed by atoms with Crippen molar-refractivity contribution in [1.82, 2.24) is 30.2 Å². The molecule has 3 fully saturated rings. The zero-order chi connectivity index (χ0) is 42.4. The van der Waals surface area contributed by atoms with Crippen molar-refractivity contribution in [2.75, 3.05) is 13.7 Å². The Balaban J connectivity index is 1.36. The summed E-state index contributed by atoms with van der Waals surface area (Å²) >= 11 is 6.48. The Morgan fingerprint density at radius 2 is 1.83 bits per heavy atom. The van der Waals surface area contributed by atoms with E-state index in [9.17, 15) is 40.8 Å². The molecule has 4 aliphatic rings. The summed E-state index contributed by atoms with van der Waals surface area (Å²) in [7, 11) is -2.52. The number of nitrogens with zero attached hydrogens (tertiary/aromatic N) is 3. The van der Waals surface area contributed by atoms with Crippen LogP contribution in [0.3, 0.4) is 0 Å². The molecule has 1 unspecified atom stereocenters. The van der Waals surface area contributed by atoms with Gasteiger partial charge in [0, 0.05) is 18.4 Å². The standard InChI is InChI=1S/C38H48ClF3N6O9S/c1-6-21-15-20(2)9-7-8-10-22-18-37(22,34(51)47-58(53,54)25-12-13-25)46-31(49)28-17-24(56-32-30(39)43-26-14-11-23(55-5)16-27(26)44-32)19-48(28)33(50)29(21)45-35(52)57-36(3,4)38(40,41)42/h8,10-11,14,16,20-22,24-25,28-29H,6-7,9,12-13,15,17-19H2,1-5H3,(H,45,52)(H,46,49)(H,47,51)/b10-8-/t20-,21-,22?,24-,28+,29+,37-/m1/s1. The molecular weight excluding hydrogens is 809 g/mol. The van der Waals surface area contributed by atoms with Crippen molar-refractivity contribution in [3.8, 4) is 11.6 Å². The molecule has 1 saturated heterocycles. The van der Waals surface area contributed by atoms with Gasteiger partial charge in [0.1, 0.15) is 29.5 Å². The quantitative estimate of drug-likeness (QED) is 0.289. The number of hydrogen-bond donors (Lipinski definition) is 3. The molecule has 0 bridgehead atoms. The van der Waals surface area contributed by atoms with Crippen molar-refractivity contribution in [2.24, 2.45) is 17.8 Å². The number of halogens is 4. The number of carbonyl (C=O) groups excluding carboxylic acids is 4. The SMILES string of the molecule is CC[C@@H]1C[C@H](C)CC/C=C\C2C[C@@]2(C(=O)NS(=O)(=O)C2CC2)NC(=O)[C@@H]2C[C@@H](Oc3nc4cc(OC)ccc4nc3Cl)CN2C(=O)[C@H]1NC(=O)OC(C)(C)C(F)(F)F. The maximum atomic E-state index is 14.8. The second-order valence-corrected chi connectivity index (χ2v) is 18.5. The number of benzene rings is 1. The molecule has 4 amide bonds. The molecule has 20 heteroatoms. The molecule has 2 saturated carbocycles. The Labute approximate surface area is 339 Å². The Bertz CT molecular complexity index is 2080. The van der Waals surface area contributed by atoms with Crippen LogP contribution >= 0.6 is 11.6 Å². The number of fused-ring (bicyclic) bond motifs is 3. The molecule has 2 aromatic rings. The molecule has 0 spiro atoms. The van der Waals surface area contributed by atoms with Crippen molar-refractivity contribution < 1.29 is 55.0 Å². The summed E-state index contributed by atoms with van der Waals surface area (Å²) in [6.45, 7) is 4.81. The second kappa shape index (κ2) is 16.3. The number of rotatable bonds is 9. The topological polar surface area (TPSA) is 195 Å². The molecule has 1 aromatic heterocycles. The summed E-state index contributed by atoms with van der Waals surface area (Å²) in [5, 5.41) is 4.33. The average molecular weight is 857 g/mol. The summed E-state index contributed by atoms with van der Waals surface area (Å²) in [4.78, 5) is 66.3. The summed E-state index contributed by atoms with van der Waals surface area (Å²) in [5.41, 5.74) is -3.76. The Kier molecular flexibility index (Phi) is 12.2. The van der Waals surface area contributed by atoms with Crippen LogP contribution in [0.15, 0.2) is 30.4 Å². The van der Waals surface area contributed by atoms with Crippen molar-refractivity contribution in [3.63, 3.8) is 0 Å². The van der Waals surface area contributed by atoms with E-state index in [1.807, 2.05) is 13.0 Å². The minimum Gasteiger partial charge on any atom is -0.497 e. The van der Waals surface area contributed by atoms with Crippen LogP contribution in [0.5, 0.6) is 11.6 Å². The fraction of sp³-hybridized carbons (Fsp3) is 0.632. The first-order valence-electron chi connectivity index (χ1n) is 19.3. The van der Waals surface area contributed by atoms with E-state index in [2.05, 4.69) is 25.3 Å². The predicted molar refractivity (Wildman–Crippen MR) is 204 cm³/mol. The van der Waals surface area contributed by atoms with Gasteiger partial charge in [-0.1, -0.05) is 44.0 Å². The smallest absolute Gasteiger partial charge is 0.427 e. The Morgan fingerprint density at radius 3 is 2.48 bits per heavy atom. The van der Waals surface area contributed by atoms with Crippen molar-refractivity contribution in [2.45, 2.75) is 120 Å². The number of alkyl halides is 3. The maximum Gasteiger partial charge on any atom is 0.427 e. The zero-order valence-electron chi connectivity index (χ0n) is 32.7. The highest BCUT2D eigenvalue weighted by atomic mass is 35.5. The number of alkyl carbamates (subject to hydrolysis) is 1. The van der Waals surface area contributed by atoms with Crippen LogP contribution in [-0.4, -0.2) is 102 Å². The maximum absolute atomic E-state index is 14.8. The lowest BCUT2D eigenvalue weighted by atomic mass is 9.85. The Hall–Kier alpha value is -4.39. The molecule has 318 valence electrons. The number of sulfonamides is 1. The first-order chi connectivity index (χ1) is 27.2. The number of methoxy groups -OCH3 is 1. The molecule has 15 nitrogen and oxygen atoms in total. The number of amides is 4. The molecule has 0 radical (unpaired) electrons. The van der Waals surface area contributed by atoms with Gasteiger partial charge in [-0.25, -0.2) is 23.2 Å². The van der Waals surface area contributed by atoms with Crippen LogP contribution in [0.2, 0.25) is 5.15 Å². The third-order valence-corrected chi connectivity index (χ3v) is 13.4. The predicted octanol–water partition coefficient (Wildman–Crippen LogP) is 4.96. The molecule has 6 rings (SSSR count). The van der Waals surface area contributed by atoms with E-state index in [-0.39, 0.29) is 36.3 Å². The first-order valence-corrected chi connectivity index (χ1v) is 21.2. The second-order valence-electron chi connectivity index (χ2n) is 16.1. The van der Waals surface area contributed by atoms with E-state index in [0.717, 1.165) is 4.90 Å². The number of aromatic nitrogens is 2. The molecule has 58 heavy (non-hydrogen) atoms. The molecule has 2 aliphatic carbocycles. The van der Waals surface area contributed by atoms with Crippen molar-refractivity contribution in [3.05, 3.63) is 35.5 Å². The third kappa shape index (κ3) is 9.24. The van der Waals surface area contributed by atoms with Gasteiger partial charge in [0.05, 0.1) is 29.9 Å². The van der Waals surface area contributed by atoms with Gasteiger partial charge in [-0.2, -0.15) is 13.2 Å². The van der Waals surface area contributed by atoms with E-state index in [1.54, 1.807) is 31.2 Å². The highest BCUT2D eigenvalue weighted by Gasteiger charge is 2.62. The van der Waals surface area contributed by atoms with Gasteiger partial charge in [0.15, 0.2) is 5.15 Å². The zero-order valence-corrected chi connectivity index (χ0v) is 34.3. The first kappa shape index (κ1) is 43.2. The lowest BCUT2D eigenvalue weighted by molar-refractivity contribution is -0.244. The average Bonchev–Trinajstić information content (AvgIpc) is 4.07. The van der Waals surface area contributed by atoms with Gasteiger partial charge in [0.2, 0.25) is 27.4 Å². The van der Waals surface area contributed by atoms with E-state index >= 15 is 0 Å². The van der Waals surface area contributed by atoms with Gasteiger partial charge in [0.25, 0.3) is 11.8 Å². The third-order valence-electron chi connectivity index (χ3n) is 11.4. The summed E-state index contributed by atoms with van der Waals surface area (Å²) in [6, 6.07) is 2.10. The van der Waals surface area contributed by atoms with Crippen LogP contribution in [-0.2, 0) is 29.1 Å². The van der Waals surface area contributed by atoms with Gasteiger partial charge in [-0.3, -0.25) is 19.1 Å². The monoisotopic (exact) mass is 856 g/mol. The molecular formula is C38H48ClF3N6O9S. The van der Waals surface area contributed by atoms with Gasteiger partial charge >= 0.3 is 12.3 Å². The van der Waals surface area contributed by atoms with Crippen LogP contribution in [0.1, 0.15) is 79.1 Å². The van der Waals surface area contributed by atoms with E-state index in [1.165, 1.54) is 7.11 Å². The number of carbonyl (C=O) groups is 4.